The van der Waals surface area contributed by atoms with E-state index >= 15 is 0 Å². The maximum atomic E-state index is 5.70. The summed E-state index contributed by atoms with van der Waals surface area (Å²) in [5, 5.41) is 7.99. The van der Waals surface area contributed by atoms with Crippen molar-refractivity contribution in [2.75, 3.05) is 13.7 Å². The van der Waals surface area contributed by atoms with Crippen molar-refractivity contribution >= 4 is 0 Å². The van der Waals surface area contributed by atoms with E-state index in [0.29, 0.717) is 18.2 Å². The van der Waals surface area contributed by atoms with Gasteiger partial charge in [-0.05, 0) is 46.2 Å². The van der Waals surface area contributed by atoms with E-state index in [0.717, 1.165) is 19.4 Å². The van der Waals surface area contributed by atoms with Gasteiger partial charge in [-0.15, -0.1) is 0 Å². The number of nitrogens with zero attached hydrogens (tertiary/aromatic N) is 2. The van der Waals surface area contributed by atoms with Crippen LogP contribution in [0.5, 0.6) is 0 Å². The fourth-order valence-electron chi connectivity index (χ4n) is 2.48. The van der Waals surface area contributed by atoms with Gasteiger partial charge >= 0.3 is 0 Å². The molecule has 2 unspecified atom stereocenters. The molecule has 1 aliphatic heterocycles. The third kappa shape index (κ3) is 3.56. The third-order valence-electron chi connectivity index (χ3n) is 3.63. The normalized spacial score (nSPS) is 21.7. The van der Waals surface area contributed by atoms with Crippen LogP contribution in [0.3, 0.4) is 0 Å². The zero-order valence-electron chi connectivity index (χ0n) is 11.7. The maximum absolute atomic E-state index is 5.70. The first-order chi connectivity index (χ1) is 8.69. The Morgan fingerprint density at radius 1 is 1.56 bits per heavy atom. The SMILES string of the molecule is CNC(Cc1ccn(C(C)C)n1)CC1CCCO1. The van der Waals surface area contributed by atoms with Gasteiger partial charge in [0.15, 0.2) is 0 Å². The van der Waals surface area contributed by atoms with E-state index in [1.165, 1.54) is 18.5 Å². The summed E-state index contributed by atoms with van der Waals surface area (Å²) in [6.07, 6.45) is 7.00. The van der Waals surface area contributed by atoms with Crippen molar-refractivity contribution in [2.24, 2.45) is 0 Å². The van der Waals surface area contributed by atoms with E-state index in [4.69, 9.17) is 4.74 Å². The van der Waals surface area contributed by atoms with E-state index in [9.17, 15) is 0 Å². The minimum absolute atomic E-state index is 0.435. The molecule has 0 radical (unpaired) electrons. The topological polar surface area (TPSA) is 39.1 Å². The predicted octanol–water partition coefficient (Wildman–Crippen LogP) is 2.16. The number of hydrogen-bond donors (Lipinski definition) is 1. The van der Waals surface area contributed by atoms with Crippen molar-refractivity contribution in [3.63, 3.8) is 0 Å². The average molecular weight is 251 g/mol. The summed E-state index contributed by atoms with van der Waals surface area (Å²) >= 11 is 0. The van der Waals surface area contributed by atoms with Gasteiger partial charge < -0.3 is 10.1 Å². The van der Waals surface area contributed by atoms with E-state index in [-0.39, 0.29) is 0 Å². The minimum Gasteiger partial charge on any atom is -0.378 e. The van der Waals surface area contributed by atoms with Gasteiger partial charge in [0.25, 0.3) is 0 Å². The van der Waals surface area contributed by atoms with Gasteiger partial charge in [0.05, 0.1) is 11.8 Å². The molecule has 0 bridgehead atoms. The van der Waals surface area contributed by atoms with Crippen LogP contribution in [0.4, 0.5) is 0 Å². The first-order valence-electron chi connectivity index (χ1n) is 7.02. The summed E-state index contributed by atoms with van der Waals surface area (Å²) in [5.74, 6) is 0. The van der Waals surface area contributed by atoms with E-state index in [1.54, 1.807) is 0 Å². The third-order valence-corrected chi connectivity index (χ3v) is 3.63. The van der Waals surface area contributed by atoms with E-state index in [1.807, 2.05) is 11.7 Å². The van der Waals surface area contributed by atoms with Crippen LogP contribution in [0.1, 0.15) is 44.8 Å². The van der Waals surface area contributed by atoms with Crippen LogP contribution < -0.4 is 5.32 Å². The molecular weight excluding hydrogens is 226 g/mol. The van der Waals surface area contributed by atoms with Gasteiger partial charge in [0, 0.05) is 31.3 Å². The highest BCUT2D eigenvalue weighted by Crippen LogP contribution is 2.18. The highest BCUT2D eigenvalue weighted by atomic mass is 16.5. The highest BCUT2D eigenvalue weighted by Gasteiger charge is 2.20. The Labute approximate surface area is 110 Å². The molecule has 2 heterocycles. The van der Waals surface area contributed by atoms with Crippen molar-refractivity contribution < 1.29 is 4.74 Å². The van der Waals surface area contributed by atoms with Gasteiger partial charge in [-0.2, -0.15) is 5.10 Å². The summed E-state index contributed by atoms with van der Waals surface area (Å²) in [5.41, 5.74) is 1.17. The Morgan fingerprint density at radius 2 is 2.39 bits per heavy atom. The second-order valence-electron chi connectivity index (χ2n) is 5.44. The number of rotatable bonds is 6. The molecule has 1 aromatic heterocycles. The zero-order valence-corrected chi connectivity index (χ0v) is 11.7. The monoisotopic (exact) mass is 251 g/mol. The van der Waals surface area contributed by atoms with Gasteiger partial charge in [0.1, 0.15) is 0 Å². The molecule has 102 valence electrons. The lowest BCUT2D eigenvalue weighted by Gasteiger charge is -2.18. The molecule has 1 aliphatic rings. The highest BCUT2D eigenvalue weighted by molar-refractivity contribution is 5.02. The van der Waals surface area contributed by atoms with Crippen LogP contribution in [0, 0.1) is 0 Å². The first-order valence-corrected chi connectivity index (χ1v) is 7.02. The van der Waals surface area contributed by atoms with Crippen molar-refractivity contribution in [2.45, 2.75) is 57.7 Å². The molecule has 1 N–H and O–H groups in total. The van der Waals surface area contributed by atoms with Gasteiger partial charge in [0.2, 0.25) is 0 Å². The van der Waals surface area contributed by atoms with Crippen molar-refractivity contribution in [3.05, 3.63) is 18.0 Å². The smallest absolute Gasteiger partial charge is 0.0640 e. The summed E-state index contributed by atoms with van der Waals surface area (Å²) in [4.78, 5) is 0. The van der Waals surface area contributed by atoms with Crippen molar-refractivity contribution in [1.29, 1.82) is 0 Å². The molecule has 4 nitrogen and oxygen atoms in total. The zero-order chi connectivity index (χ0) is 13.0. The summed E-state index contributed by atoms with van der Waals surface area (Å²) in [7, 11) is 2.03. The lowest BCUT2D eigenvalue weighted by atomic mass is 10.0. The number of nitrogens with one attached hydrogen (secondary N) is 1. The van der Waals surface area contributed by atoms with Gasteiger partial charge in [-0.1, -0.05) is 0 Å². The molecule has 0 saturated carbocycles. The Morgan fingerprint density at radius 3 is 2.94 bits per heavy atom. The molecule has 1 fully saturated rings. The number of hydrogen-bond acceptors (Lipinski definition) is 3. The molecular formula is C14H25N3O. The first kappa shape index (κ1) is 13.6. The molecule has 0 aromatic carbocycles. The fourth-order valence-corrected chi connectivity index (χ4v) is 2.48. The second kappa shape index (κ2) is 6.34. The van der Waals surface area contributed by atoms with Gasteiger partial charge in [-0.25, -0.2) is 0 Å². The Bertz CT molecular complexity index is 356. The van der Waals surface area contributed by atoms with E-state index < -0.39 is 0 Å². The number of likely N-dealkylation sites (N-methyl/N-ethyl adjacent to an activating group) is 1. The average Bonchev–Trinajstić information content (AvgIpc) is 2.99. The minimum atomic E-state index is 0.435. The van der Waals surface area contributed by atoms with Crippen LogP contribution >= 0.6 is 0 Å². The lowest BCUT2D eigenvalue weighted by molar-refractivity contribution is 0.0953. The van der Waals surface area contributed by atoms with Crippen molar-refractivity contribution in [3.8, 4) is 0 Å². The summed E-state index contributed by atoms with van der Waals surface area (Å²) < 4.78 is 7.72. The molecule has 0 spiro atoms. The fraction of sp³-hybridized carbons (Fsp3) is 0.786. The largest absolute Gasteiger partial charge is 0.378 e. The maximum Gasteiger partial charge on any atom is 0.0640 e. The molecule has 4 heteroatoms. The van der Waals surface area contributed by atoms with Crippen LogP contribution in [-0.4, -0.2) is 35.6 Å². The van der Waals surface area contributed by atoms with Crippen LogP contribution in [0.2, 0.25) is 0 Å². The second-order valence-corrected chi connectivity index (χ2v) is 5.44. The summed E-state index contributed by atoms with van der Waals surface area (Å²) in [6.45, 7) is 5.24. The Hall–Kier alpha value is -0.870. The molecule has 0 aliphatic carbocycles. The van der Waals surface area contributed by atoms with Gasteiger partial charge in [-0.3, -0.25) is 4.68 Å². The van der Waals surface area contributed by atoms with Crippen LogP contribution in [0.25, 0.3) is 0 Å². The Kier molecular flexibility index (Phi) is 4.78. The molecule has 0 amide bonds. The van der Waals surface area contributed by atoms with Crippen LogP contribution in [0.15, 0.2) is 12.3 Å². The Balaban J connectivity index is 1.88. The number of ether oxygens (including phenoxy) is 1. The standard InChI is InChI=1S/C14H25N3O/c1-11(2)17-7-6-12(16-17)9-13(15-3)10-14-5-4-8-18-14/h6-7,11,13-15H,4-5,8-10H2,1-3H3. The number of aromatic nitrogens is 2. The molecule has 1 aromatic rings. The molecule has 1 saturated heterocycles. The molecule has 2 rings (SSSR count). The molecule has 18 heavy (non-hydrogen) atoms. The van der Waals surface area contributed by atoms with Crippen LogP contribution in [-0.2, 0) is 11.2 Å². The lowest BCUT2D eigenvalue weighted by Crippen LogP contribution is -2.31. The van der Waals surface area contributed by atoms with E-state index in [2.05, 4.69) is 36.5 Å². The molecule has 2 atom stereocenters. The predicted molar refractivity (Wildman–Crippen MR) is 72.8 cm³/mol. The van der Waals surface area contributed by atoms with Crippen molar-refractivity contribution in [1.82, 2.24) is 15.1 Å². The summed E-state index contributed by atoms with van der Waals surface area (Å²) in [6, 6.07) is 3.02. The quantitative estimate of drug-likeness (QED) is 0.842.